The van der Waals surface area contributed by atoms with Crippen molar-refractivity contribution in [3.63, 3.8) is 0 Å². The van der Waals surface area contributed by atoms with Crippen LogP contribution in [0, 0.1) is 0 Å². The van der Waals surface area contributed by atoms with Gasteiger partial charge in [-0.05, 0) is 37.3 Å². The van der Waals surface area contributed by atoms with E-state index >= 15 is 0 Å². The number of pyridine rings is 1. The maximum Gasteiger partial charge on any atom is 0.247 e. The van der Waals surface area contributed by atoms with Gasteiger partial charge in [0.2, 0.25) is 5.91 Å². The van der Waals surface area contributed by atoms with Crippen LogP contribution in [0.1, 0.15) is 36.6 Å². The normalized spacial score (nSPS) is 13.4. The van der Waals surface area contributed by atoms with Crippen LogP contribution in [0.25, 0.3) is 10.9 Å². The third kappa shape index (κ3) is 3.20. The Morgan fingerprint density at radius 3 is 2.58 bits per heavy atom. The van der Waals surface area contributed by atoms with Crippen LogP contribution in [-0.2, 0) is 29.1 Å². The predicted octanol–water partition coefficient (Wildman–Crippen LogP) is 4.60. The molecule has 26 heavy (non-hydrogen) atoms. The summed E-state index contributed by atoms with van der Waals surface area (Å²) in [6.07, 6.45) is 4.14. The van der Waals surface area contributed by atoms with Gasteiger partial charge in [0.25, 0.3) is 0 Å². The Morgan fingerprint density at radius 2 is 1.77 bits per heavy atom. The zero-order valence-electron chi connectivity index (χ0n) is 14.9. The lowest BCUT2D eigenvalue weighted by Crippen LogP contribution is -2.30. The lowest BCUT2D eigenvalue weighted by atomic mass is 9.92. The average Bonchev–Trinajstić information content (AvgIpc) is 2.68. The second-order valence-electron chi connectivity index (χ2n) is 6.68. The van der Waals surface area contributed by atoms with Crippen molar-refractivity contribution in [1.29, 1.82) is 0 Å². The number of benzene rings is 2. The summed E-state index contributed by atoms with van der Waals surface area (Å²) in [6.45, 7) is 1.90. The summed E-state index contributed by atoms with van der Waals surface area (Å²) in [4.78, 5) is 23.3. The SMILES string of the molecule is CC(=O)N(OCc1ccccc1)c1c2c(nc3ccccc13)CCCC2. The average molecular weight is 346 g/mol. The molecule has 0 N–H and O–H groups in total. The van der Waals surface area contributed by atoms with E-state index in [1.807, 2.05) is 54.6 Å². The summed E-state index contributed by atoms with van der Waals surface area (Å²) < 4.78 is 0. The molecule has 0 atom stereocenters. The largest absolute Gasteiger partial charge is 0.273 e. The van der Waals surface area contributed by atoms with E-state index < -0.39 is 0 Å². The van der Waals surface area contributed by atoms with Gasteiger partial charge < -0.3 is 0 Å². The predicted molar refractivity (Wildman–Crippen MR) is 103 cm³/mol. The van der Waals surface area contributed by atoms with Crippen LogP contribution >= 0.6 is 0 Å². The maximum atomic E-state index is 12.5. The first-order chi connectivity index (χ1) is 12.7. The Kier molecular flexibility index (Phi) is 4.67. The zero-order valence-corrected chi connectivity index (χ0v) is 14.9. The van der Waals surface area contributed by atoms with Crippen molar-refractivity contribution in [3.8, 4) is 0 Å². The Bertz CT molecular complexity index is 938. The molecule has 1 aromatic heterocycles. The van der Waals surface area contributed by atoms with Crippen molar-refractivity contribution in [1.82, 2.24) is 4.98 Å². The monoisotopic (exact) mass is 346 g/mol. The third-order valence-corrected chi connectivity index (χ3v) is 4.83. The number of para-hydroxylation sites is 1. The van der Waals surface area contributed by atoms with E-state index in [9.17, 15) is 4.79 Å². The van der Waals surface area contributed by atoms with Crippen LogP contribution in [0.3, 0.4) is 0 Å². The number of hydroxylamine groups is 1. The molecule has 0 aliphatic heterocycles. The lowest BCUT2D eigenvalue weighted by molar-refractivity contribution is -0.124. The molecular formula is C22H22N2O2. The fraction of sp³-hybridized carbons (Fsp3) is 0.273. The van der Waals surface area contributed by atoms with E-state index in [0.29, 0.717) is 6.61 Å². The molecule has 132 valence electrons. The van der Waals surface area contributed by atoms with Gasteiger partial charge in [-0.25, -0.2) is 0 Å². The van der Waals surface area contributed by atoms with Gasteiger partial charge in [0, 0.05) is 23.6 Å². The van der Waals surface area contributed by atoms with Crippen molar-refractivity contribution >= 4 is 22.5 Å². The van der Waals surface area contributed by atoms with Crippen LogP contribution in [0.2, 0.25) is 0 Å². The highest BCUT2D eigenvalue weighted by Gasteiger charge is 2.25. The fourth-order valence-corrected chi connectivity index (χ4v) is 3.61. The number of nitrogens with zero attached hydrogens (tertiary/aromatic N) is 2. The van der Waals surface area contributed by atoms with Crippen molar-refractivity contribution in [2.75, 3.05) is 5.06 Å². The molecule has 0 fully saturated rings. The van der Waals surface area contributed by atoms with E-state index in [2.05, 4.69) is 0 Å². The van der Waals surface area contributed by atoms with Crippen molar-refractivity contribution < 1.29 is 9.63 Å². The zero-order chi connectivity index (χ0) is 17.9. The topological polar surface area (TPSA) is 42.4 Å². The minimum atomic E-state index is -0.120. The molecule has 4 nitrogen and oxygen atoms in total. The van der Waals surface area contributed by atoms with Gasteiger partial charge in [0.15, 0.2) is 0 Å². The summed E-state index contributed by atoms with van der Waals surface area (Å²) in [5.74, 6) is -0.120. The quantitative estimate of drug-likeness (QED) is 0.649. The standard InChI is InChI=1S/C22H22N2O2/c1-16(25)24(26-15-17-9-3-2-4-10-17)22-18-11-5-7-13-20(18)23-21-14-8-6-12-19(21)22/h2-5,7,9-11,13H,6,8,12,14-15H2,1H3. The Morgan fingerprint density at radius 1 is 1.04 bits per heavy atom. The Hall–Kier alpha value is -2.72. The number of anilines is 1. The number of hydrogen-bond acceptors (Lipinski definition) is 3. The molecule has 1 heterocycles. The molecule has 1 amide bonds. The fourth-order valence-electron chi connectivity index (χ4n) is 3.61. The van der Waals surface area contributed by atoms with Gasteiger partial charge in [-0.2, -0.15) is 5.06 Å². The summed E-state index contributed by atoms with van der Waals surface area (Å²) >= 11 is 0. The lowest BCUT2D eigenvalue weighted by Gasteiger charge is -2.27. The maximum absolute atomic E-state index is 12.5. The number of carbonyl (C=O) groups excluding carboxylic acids is 1. The van der Waals surface area contributed by atoms with E-state index in [4.69, 9.17) is 9.82 Å². The van der Waals surface area contributed by atoms with Crippen LogP contribution in [0.4, 0.5) is 5.69 Å². The smallest absolute Gasteiger partial charge is 0.247 e. The molecule has 1 aliphatic carbocycles. The van der Waals surface area contributed by atoms with Crippen molar-refractivity contribution in [3.05, 3.63) is 71.4 Å². The molecule has 4 heteroatoms. The molecular weight excluding hydrogens is 324 g/mol. The molecule has 0 unspecified atom stereocenters. The molecule has 1 aliphatic rings. The number of aryl methyl sites for hydroxylation is 1. The molecule has 0 radical (unpaired) electrons. The van der Waals surface area contributed by atoms with Crippen LogP contribution in [0.5, 0.6) is 0 Å². The first-order valence-corrected chi connectivity index (χ1v) is 9.12. The summed E-state index contributed by atoms with van der Waals surface area (Å²) in [5.41, 5.74) is 5.06. The minimum absolute atomic E-state index is 0.120. The first-order valence-electron chi connectivity index (χ1n) is 9.12. The second-order valence-corrected chi connectivity index (χ2v) is 6.68. The highest BCUT2D eigenvalue weighted by molar-refractivity contribution is 6.02. The van der Waals surface area contributed by atoms with Gasteiger partial charge in [-0.1, -0.05) is 48.5 Å². The highest BCUT2D eigenvalue weighted by Crippen LogP contribution is 2.36. The molecule has 2 aromatic carbocycles. The van der Waals surface area contributed by atoms with Crippen LogP contribution in [0.15, 0.2) is 54.6 Å². The van der Waals surface area contributed by atoms with E-state index in [0.717, 1.165) is 59.1 Å². The molecule has 0 saturated carbocycles. The van der Waals surface area contributed by atoms with Gasteiger partial charge in [-0.15, -0.1) is 0 Å². The highest BCUT2D eigenvalue weighted by atomic mass is 16.7. The number of rotatable bonds is 4. The Balaban J connectivity index is 1.79. The number of carbonyl (C=O) groups is 1. The third-order valence-electron chi connectivity index (χ3n) is 4.83. The van der Waals surface area contributed by atoms with E-state index in [1.165, 1.54) is 5.06 Å². The van der Waals surface area contributed by atoms with Gasteiger partial charge in [0.1, 0.15) is 6.61 Å². The van der Waals surface area contributed by atoms with E-state index in [-0.39, 0.29) is 5.91 Å². The van der Waals surface area contributed by atoms with Crippen LogP contribution < -0.4 is 5.06 Å². The van der Waals surface area contributed by atoms with Crippen LogP contribution in [-0.4, -0.2) is 10.9 Å². The number of amides is 1. The van der Waals surface area contributed by atoms with Gasteiger partial charge >= 0.3 is 0 Å². The minimum Gasteiger partial charge on any atom is -0.273 e. The van der Waals surface area contributed by atoms with Crippen molar-refractivity contribution in [2.45, 2.75) is 39.2 Å². The van der Waals surface area contributed by atoms with Gasteiger partial charge in [-0.3, -0.25) is 14.6 Å². The Labute approximate surface area is 153 Å². The molecule has 3 aromatic rings. The summed E-state index contributed by atoms with van der Waals surface area (Å²) in [6, 6.07) is 17.9. The summed E-state index contributed by atoms with van der Waals surface area (Å²) in [7, 11) is 0. The second kappa shape index (κ2) is 7.26. The number of aromatic nitrogens is 1. The number of fused-ring (bicyclic) bond motifs is 2. The van der Waals surface area contributed by atoms with Gasteiger partial charge in [0.05, 0.1) is 11.2 Å². The van der Waals surface area contributed by atoms with Crippen molar-refractivity contribution in [2.24, 2.45) is 0 Å². The van der Waals surface area contributed by atoms with E-state index in [1.54, 1.807) is 6.92 Å². The molecule has 0 bridgehead atoms. The number of hydrogen-bond donors (Lipinski definition) is 0. The molecule has 4 rings (SSSR count). The molecule has 0 saturated heterocycles. The molecule has 0 spiro atoms. The first kappa shape index (κ1) is 16.7. The summed E-state index contributed by atoms with van der Waals surface area (Å²) in [5, 5.41) is 2.44.